The van der Waals surface area contributed by atoms with Gasteiger partial charge >= 0.3 is 0 Å². The minimum atomic E-state index is -0.271. The Kier molecular flexibility index (Phi) is 5.05. The summed E-state index contributed by atoms with van der Waals surface area (Å²) in [5, 5.41) is 5.39. The molecule has 0 saturated carbocycles. The molecule has 0 aliphatic heterocycles. The zero-order valence-electron chi connectivity index (χ0n) is 12.3. The molecule has 23 heavy (non-hydrogen) atoms. The Balaban J connectivity index is 1.58. The van der Waals surface area contributed by atoms with Gasteiger partial charge in [0.05, 0.1) is 5.02 Å². The Morgan fingerprint density at radius 1 is 1.13 bits per heavy atom. The number of nitrogens with one attached hydrogen (secondary N) is 1. The fraction of sp³-hybridized carbons (Fsp3) is 0.111. The van der Waals surface area contributed by atoms with E-state index in [1.165, 1.54) is 16.9 Å². The molecule has 116 valence electrons. The largest absolute Gasteiger partial charge is 0.282 e. The SMILES string of the molecule is O=C(N/N=C/CCc1ccccc1)c1sc2ccccc2c1Cl. The highest BCUT2D eigenvalue weighted by Crippen LogP contribution is 2.34. The first-order valence-corrected chi connectivity index (χ1v) is 8.48. The van der Waals surface area contributed by atoms with E-state index >= 15 is 0 Å². The normalized spacial score (nSPS) is 11.2. The number of carbonyl (C=O) groups excluding carboxylic acids is 1. The second-order valence-corrected chi connectivity index (χ2v) is 6.45. The summed E-state index contributed by atoms with van der Waals surface area (Å²) in [6.45, 7) is 0. The molecule has 0 aliphatic rings. The number of hydrazone groups is 1. The van der Waals surface area contributed by atoms with Gasteiger partial charge in [-0.25, -0.2) is 5.43 Å². The molecule has 2 aromatic carbocycles. The number of nitrogens with zero attached hydrogens (tertiary/aromatic N) is 1. The van der Waals surface area contributed by atoms with Gasteiger partial charge in [0, 0.05) is 16.3 Å². The molecule has 0 spiro atoms. The van der Waals surface area contributed by atoms with Gasteiger partial charge in [-0.05, 0) is 24.5 Å². The molecule has 0 atom stereocenters. The molecule has 0 fully saturated rings. The van der Waals surface area contributed by atoms with E-state index in [4.69, 9.17) is 11.6 Å². The Labute approximate surface area is 143 Å². The van der Waals surface area contributed by atoms with Crippen LogP contribution in [0.2, 0.25) is 5.02 Å². The quantitative estimate of drug-likeness (QED) is 0.520. The lowest BCUT2D eigenvalue weighted by molar-refractivity contribution is 0.0959. The van der Waals surface area contributed by atoms with Crippen molar-refractivity contribution in [1.82, 2.24) is 5.43 Å². The van der Waals surface area contributed by atoms with Crippen molar-refractivity contribution in [2.24, 2.45) is 5.10 Å². The van der Waals surface area contributed by atoms with E-state index in [2.05, 4.69) is 22.7 Å². The second kappa shape index (κ2) is 7.40. The maximum Gasteiger partial charge on any atom is 0.282 e. The van der Waals surface area contributed by atoms with Gasteiger partial charge in [-0.15, -0.1) is 11.3 Å². The van der Waals surface area contributed by atoms with Crippen LogP contribution in [0.15, 0.2) is 59.7 Å². The van der Waals surface area contributed by atoms with Gasteiger partial charge in [0.2, 0.25) is 0 Å². The molecule has 0 radical (unpaired) electrons. The Morgan fingerprint density at radius 2 is 1.87 bits per heavy atom. The first kappa shape index (κ1) is 15.7. The summed E-state index contributed by atoms with van der Waals surface area (Å²) >= 11 is 7.64. The summed E-state index contributed by atoms with van der Waals surface area (Å²) in [7, 11) is 0. The van der Waals surface area contributed by atoms with Crippen molar-refractivity contribution in [2.75, 3.05) is 0 Å². The van der Waals surface area contributed by atoms with Gasteiger partial charge in [0.25, 0.3) is 5.91 Å². The lowest BCUT2D eigenvalue weighted by Crippen LogP contribution is -2.16. The van der Waals surface area contributed by atoms with Gasteiger partial charge in [0.15, 0.2) is 0 Å². The first-order valence-electron chi connectivity index (χ1n) is 7.28. The van der Waals surface area contributed by atoms with Gasteiger partial charge in [-0.3, -0.25) is 4.79 Å². The van der Waals surface area contributed by atoms with E-state index in [-0.39, 0.29) is 5.91 Å². The maximum absolute atomic E-state index is 12.2. The van der Waals surface area contributed by atoms with E-state index < -0.39 is 0 Å². The summed E-state index contributed by atoms with van der Waals surface area (Å²) in [6, 6.07) is 17.9. The topological polar surface area (TPSA) is 41.5 Å². The smallest absolute Gasteiger partial charge is 0.266 e. The lowest BCUT2D eigenvalue weighted by Gasteiger charge is -1.98. The molecule has 5 heteroatoms. The minimum Gasteiger partial charge on any atom is -0.266 e. The van der Waals surface area contributed by atoms with Gasteiger partial charge in [-0.2, -0.15) is 5.10 Å². The van der Waals surface area contributed by atoms with Crippen molar-refractivity contribution in [2.45, 2.75) is 12.8 Å². The van der Waals surface area contributed by atoms with Gasteiger partial charge < -0.3 is 0 Å². The van der Waals surface area contributed by atoms with Crippen LogP contribution in [-0.4, -0.2) is 12.1 Å². The number of thiophene rings is 1. The van der Waals surface area contributed by atoms with Crippen molar-refractivity contribution < 1.29 is 4.79 Å². The highest BCUT2D eigenvalue weighted by Gasteiger charge is 2.16. The van der Waals surface area contributed by atoms with Crippen LogP contribution in [0.3, 0.4) is 0 Å². The number of fused-ring (bicyclic) bond motifs is 1. The van der Waals surface area contributed by atoms with E-state index in [9.17, 15) is 4.79 Å². The molecular weight excluding hydrogens is 328 g/mol. The van der Waals surface area contributed by atoms with Crippen LogP contribution < -0.4 is 5.43 Å². The summed E-state index contributed by atoms with van der Waals surface area (Å²) in [5.41, 5.74) is 3.79. The van der Waals surface area contributed by atoms with Crippen LogP contribution in [0.5, 0.6) is 0 Å². The third kappa shape index (κ3) is 3.78. The molecule has 0 saturated heterocycles. The molecule has 1 heterocycles. The predicted molar refractivity (Wildman–Crippen MR) is 97.6 cm³/mol. The standard InChI is InChI=1S/C18H15ClN2OS/c19-16-14-10-4-5-11-15(14)23-17(16)18(22)21-20-12-6-9-13-7-2-1-3-8-13/h1-5,7-8,10-12H,6,9H2,(H,21,22)/b20-12+. The van der Waals surface area contributed by atoms with Gasteiger partial charge in [-0.1, -0.05) is 60.1 Å². The molecular formula is C18H15ClN2OS. The highest BCUT2D eigenvalue weighted by atomic mass is 35.5. The fourth-order valence-corrected chi connectivity index (χ4v) is 3.66. The van der Waals surface area contributed by atoms with E-state index in [1.54, 1.807) is 6.21 Å². The summed E-state index contributed by atoms with van der Waals surface area (Å²) in [5.74, 6) is -0.271. The Morgan fingerprint density at radius 3 is 2.65 bits per heavy atom. The van der Waals surface area contributed by atoms with Crippen molar-refractivity contribution >= 4 is 45.1 Å². The third-order valence-corrected chi connectivity index (χ3v) is 5.08. The van der Waals surface area contributed by atoms with Crippen LogP contribution in [0.25, 0.3) is 10.1 Å². The van der Waals surface area contributed by atoms with Crippen molar-refractivity contribution in [3.8, 4) is 0 Å². The number of amides is 1. The number of hydrogen-bond acceptors (Lipinski definition) is 3. The van der Waals surface area contributed by atoms with Crippen molar-refractivity contribution in [1.29, 1.82) is 0 Å². The second-order valence-electron chi connectivity index (χ2n) is 5.02. The number of aryl methyl sites for hydroxylation is 1. The highest BCUT2D eigenvalue weighted by molar-refractivity contribution is 7.21. The summed E-state index contributed by atoms with van der Waals surface area (Å²) in [6.07, 6.45) is 3.38. The zero-order valence-corrected chi connectivity index (χ0v) is 13.9. The average Bonchev–Trinajstić information content (AvgIpc) is 2.93. The zero-order chi connectivity index (χ0) is 16.1. The summed E-state index contributed by atoms with van der Waals surface area (Å²) < 4.78 is 0.996. The van der Waals surface area contributed by atoms with Crippen LogP contribution >= 0.6 is 22.9 Å². The van der Waals surface area contributed by atoms with Crippen LogP contribution in [0.1, 0.15) is 21.7 Å². The minimum absolute atomic E-state index is 0.271. The molecule has 1 aromatic heterocycles. The Hall–Kier alpha value is -2.17. The van der Waals surface area contributed by atoms with Crippen LogP contribution in [0.4, 0.5) is 0 Å². The summed E-state index contributed by atoms with van der Waals surface area (Å²) in [4.78, 5) is 12.7. The monoisotopic (exact) mass is 342 g/mol. The Bertz CT molecular complexity index is 843. The molecule has 0 bridgehead atoms. The molecule has 3 nitrogen and oxygen atoms in total. The third-order valence-electron chi connectivity index (χ3n) is 3.40. The predicted octanol–water partition coefficient (Wildman–Crippen LogP) is 4.90. The fourth-order valence-electron chi connectivity index (χ4n) is 2.26. The lowest BCUT2D eigenvalue weighted by atomic mass is 10.1. The van der Waals surface area contributed by atoms with Crippen LogP contribution in [-0.2, 0) is 6.42 Å². The van der Waals surface area contributed by atoms with E-state index in [0.29, 0.717) is 9.90 Å². The molecule has 3 rings (SSSR count). The van der Waals surface area contributed by atoms with Crippen molar-refractivity contribution in [3.63, 3.8) is 0 Å². The number of benzene rings is 2. The van der Waals surface area contributed by atoms with Crippen molar-refractivity contribution in [3.05, 3.63) is 70.1 Å². The molecule has 0 aliphatic carbocycles. The van der Waals surface area contributed by atoms with Crippen LogP contribution in [0, 0.1) is 0 Å². The average molecular weight is 343 g/mol. The number of hydrogen-bond donors (Lipinski definition) is 1. The number of rotatable bonds is 5. The van der Waals surface area contributed by atoms with E-state index in [1.807, 2.05) is 42.5 Å². The molecule has 1 N–H and O–H groups in total. The number of carbonyl (C=O) groups is 1. The molecule has 0 unspecified atom stereocenters. The molecule has 1 amide bonds. The van der Waals surface area contributed by atoms with Gasteiger partial charge in [0.1, 0.15) is 4.88 Å². The first-order chi connectivity index (χ1) is 11.3. The number of halogens is 1. The maximum atomic E-state index is 12.2. The van der Waals surface area contributed by atoms with E-state index in [0.717, 1.165) is 22.9 Å². The molecule has 3 aromatic rings.